The van der Waals surface area contributed by atoms with Gasteiger partial charge in [-0.3, -0.25) is 0 Å². The summed E-state index contributed by atoms with van der Waals surface area (Å²) in [5.74, 6) is 1.81. The lowest BCUT2D eigenvalue weighted by Gasteiger charge is -2.33. The lowest BCUT2D eigenvalue weighted by molar-refractivity contribution is 0.414. The SMILES string of the molecule is COc1ccc([C@@H]2C[C@@H](c3ccccc3)Nc3nc4ccccc4n32)cc1. The van der Waals surface area contributed by atoms with Crippen molar-refractivity contribution in [2.45, 2.75) is 18.5 Å². The molecule has 0 amide bonds. The number of rotatable bonds is 3. The van der Waals surface area contributed by atoms with Gasteiger partial charge in [0.15, 0.2) is 0 Å². The highest BCUT2D eigenvalue weighted by atomic mass is 16.5. The number of anilines is 1. The Morgan fingerprint density at radius 2 is 1.63 bits per heavy atom. The molecule has 1 aliphatic heterocycles. The summed E-state index contributed by atoms with van der Waals surface area (Å²) in [6.45, 7) is 0. The third-order valence-electron chi connectivity index (χ3n) is 5.37. The Balaban J connectivity index is 1.65. The van der Waals surface area contributed by atoms with Crippen LogP contribution in [-0.4, -0.2) is 16.7 Å². The number of imidazole rings is 1. The second kappa shape index (κ2) is 6.47. The van der Waals surface area contributed by atoms with Crippen LogP contribution in [0.2, 0.25) is 0 Å². The van der Waals surface area contributed by atoms with Crippen molar-refractivity contribution in [3.05, 3.63) is 90.0 Å². The highest BCUT2D eigenvalue weighted by Gasteiger charge is 2.30. The maximum absolute atomic E-state index is 5.34. The molecule has 4 heteroatoms. The Kier molecular flexibility index (Phi) is 3.82. The normalized spacial score (nSPS) is 18.7. The van der Waals surface area contributed by atoms with E-state index in [1.165, 1.54) is 11.1 Å². The van der Waals surface area contributed by atoms with Gasteiger partial charge in [0.25, 0.3) is 0 Å². The molecule has 134 valence electrons. The number of hydrogen-bond acceptors (Lipinski definition) is 3. The van der Waals surface area contributed by atoms with Crippen LogP contribution in [0.1, 0.15) is 29.6 Å². The number of benzene rings is 3. The van der Waals surface area contributed by atoms with Crippen LogP contribution in [0.5, 0.6) is 5.75 Å². The topological polar surface area (TPSA) is 39.1 Å². The minimum absolute atomic E-state index is 0.213. The molecule has 1 aliphatic rings. The van der Waals surface area contributed by atoms with Crippen molar-refractivity contribution in [2.24, 2.45) is 0 Å². The van der Waals surface area contributed by atoms with Gasteiger partial charge in [-0.15, -0.1) is 0 Å². The Morgan fingerprint density at radius 1 is 0.889 bits per heavy atom. The lowest BCUT2D eigenvalue weighted by atomic mass is 9.93. The molecule has 0 aliphatic carbocycles. The molecule has 5 rings (SSSR count). The zero-order chi connectivity index (χ0) is 18.2. The van der Waals surface area contributed by atoms with Crippen molar-refractivity contribution >= 4 is 17.0 Å². The number of para-hydroxylation sites is 2. The van der Waals surface area contributed by atoms with Gasteiger partial charge >= 0.3 is 0 Å². The van der Waals surface area contributed by atoms with E-state index in [0.717, 1.165) is 29.2 Å². The first-order valence-corrected chi connectivity index (χ1v) is 9.26. The van der Waals surface area contributed by atoms with Crippen LogP contribution in [0.25, 0.3) is 11.0 Å². The Hall–Kier alpha value is -3.27. The highest BCUT2D eigenvalue weighted by Crippen LogP contribution is 2.41. The molecule has 3 aromatic carbocycles. The predicted octanol–water partition coefficient (Wildman–Crippen LogP) is 5.19. The van der Waals surface area contributed by atoms with Gasteiger partial charge in [0.1, 0.15) is 5.75 Å². The summed E-state index contributed by atoms with van der Waals surface area (Å²) >= 11 is 0. The van der Waals surface area contributed by atoms with Gasteiger partial charge in [-0.2, -0.15) is 0 Å². The van der Waals surface area contributed by atoms with Crippen LogP contribution in [0.3, 0.4) is 0 Å². The third kappa shape index (κ3) is 2.74. The van der Waals surface area contributed by atoms with Crippen LogP contribution < -0.4 is 10.1 Å². The lowest BCUT2D eigenvalue weighted by Crippen LogP contribution is -2.27. The summed E-state index contributed by atoms with van der Waals surface area (Å²) in [6.07, 6.45) is 0.962. The molecule has 0 saturated heterocycles. The number of aromatic nitrogens is 2. The molecule has 1 N–H and O–H groups in total. The molecular weight excluding hydrogens is 334 g/mol. The average molecular weight is 355 g/mol. The van der Waals surface area contributed by atoms with Gasteiger partial charge in [0, 0.05) is 0 Å². The standard InChI is InChI=1S/C23H21N3O/c1-27-18-13-11-17(12-14-18)22-15-20(16-7-3-2-4-8-16)25-23-24-19-9-5-6-10-21(19)26(22)23/h2-14,20,22H,15H2,1H3,(H,24,25)/t20-,22-/m0/s1. The first-order chi connectivity index (χ1) is 13.3. The molecule has 0 spiro atoms. The predicted molar refractivity (Wildman–Crippen MR) is 108 cm³/mol. The first kappa shape index (κ1) is 15.9. The maximum atomic E-state index is 5.34. The molecule has 0 fully saturated rings. The molecule has 0 saturated carbocycles. The van der Waals surface area contributed by atoms with E-state index in [4.69, 9.17) is 9.72 Å². The minimum Gasteiger partial charge on any atom is -0.497 e. The fraction of sp³-hybridized carbons (Fsp3) is 0.174. The van der Waals surface area contributed by atoms with Gasteiger partial charge < -0.3 is 14.6 Å². The van der Waals surface area contributed by atoms with Gasteiger partial charge in [-0.1, -0.05) is 54.6 Å². The number of nitrogens with one attached hydrogen (secondary N) is 1. The van der Waals surface area contributed by atoms with E-state index < -0.39 is 0 Å². The van der Waals surface area contributed by atoms with Gasteiger partial charge in [0.05, 0.1) is 30.2 Å². The van der Waals surface area contributed by atoms with E-state index in [2.05, 4.69) is 70.5 Å². The van der Waals surface area contributed by atoms with Gasteiger partial charge in [-0.25, -0.2) is 4.98 Å². The number of nitrogens with zero attached hydrogens (tertiary/aromatic N) is 2. The average Bonchev–Trinajstić information content (AvgIpc) is 3.12. The smallest absolute Gasteiger partial charge is 0.204 e. The summed E-state index contributed by atoms with van der Waals surface area (Å²) in [5.41, 5.74) is 4.73. The summed E-state index contributed by atoms with van der Waals surface area (Å²) in [7, 11) is 1.70. The fourth-order valence-electron chi connectivity index (χ4n) is 4.02. The van der Waals surface area contributed by atoms with Gasteiger partial charge in [0.2, 0.25) is 5.95 Å². The Morgan fingerprint density at radius 3 is 2.41 bits per heavy atom. The number of hydrogen-bond donors (Lipinski definition) is 1. The molecule has 1 aromatic heterocycles. The molecule has 2 heterocycles. The molecule has 0 radical (unpaired) electrons. The first-order valence-electron chi connectivity index (χ1n) is 9.26. The largest absolute Gasteiger partial charge is 0.497 e. The van der Waals surface area contributed by atoms with Crippen LogP contribution >= 0.6 is 0 Å². The van der Waals surface area contributed by atoms with Gasteiger partial charge in [-0.05, 0) is 41.8 Å². The van der Waals surface area contributed by atoms with Crippen LogP contribution in [0.15, 0.2) is 78.9 Å². The van der Waals surface area contributed by atoms with E-state index in [1.807, 2.05) is 18.2 Å². The summed E-state index contributed by atoms with van der Waals surface area (Å²) in [4.78, 5) is 4.87. The van der Waals surface area contributed by atoms with Crippen LogP contribution in [0, 0.1) is 0 Å². The zero-order valence-corrected chi connectivity index (χ0v) is 15.2. The van der Waals surface area contributed by atoms with Crippen molar-refractivity contribution in [3.63, 3.8) is 0 Å². The molecule has 0 unspecified atom stereocenters. The van der Waals surface area contributed by atoms with Crippen molar-refractivity contribution < 1.29 is 4.74 Å². The van der Waals surface area contributed by atoms with Crippen molar-refractivity contribution in [1.82, 2.24) is 9.55 Å². The number of fused-ring (bicyclic) bond motifs is 3. The van der Waals surface area contributed by atoms with Crippen molar-refractivity contribution in [1.29, 1.82) is 0 Å². The monoisotopic (exact) mass is 355 g/mol. The summed E-state index contributed by atoms with van der Waals surface area (Å²) in [5, 5.41) is 3.65. The van der Waals surface area contributed by atoms with E-state index in [-0.39, 0.29) is 12.1 Å². The summed E-state index contributed by atoms with van der Waals surface area (Å²) in [6, 6.07) is 27.8. The third-order valence-corrected chi connectivity index (χ3v) is 5.37. The van der Waals surface area contributed by atoms with E-state index in [9.17, 15) is 0 Å². The van der Waals surface area contributed by atoms with Crippen LogP contribution in [0.4, 0.5) is 5.95 Å². The molecule has 2 atom stereocenters. The second-order valence-corrected chi connectivity index (χ2v) is 6.93. The maximum Gasteiger partial charge on any atom is 0.204 e. The molecule has 0 bridgehead atoms. The molecule has 27 heavy (non-hydrogen) atoms. The van der Waals surface area contributed by atoms with E-state index in [1.54, 1.807) is 7.11 Å². The molecular formula is C23H21N3O. The molecule has 4 aromatic rings. The molecule has 4 nitrogen and oxygen atoms in total. The Bertz CT molecular complexity index is 1070. The Labute approximate surface area is 158 Å². The van der Waals surface area contributed by atoms with E-state index in [0.29, 0.717) is 0 Å². The van der Waals surface area contributed by atoms with E-state index >= 15 is 0 Å². The van der Waals surface area contributed by atoms with Crippen molar-refractivity contribution in [3.8, 4) is 5.75 Å². The fourth-order valence-corrected chi connectivity index (χ4v) is 4.02. The second-order valence-electron chi connectivity index (χ2n) is 6.93. The van der Waals surface area contributed by atoms with Crippen LogP contribution in [-0.2, 0) is 0 Å². The van der Waals surface area contributed by atoms with Crippen molar-refractivity contribution in [2.75, 3.05) is 12.4 Å². The number of ether oxygens (including phenoxy) is 1. The highest BCUT2D eigenvalue weighted by molar-refractivity contribution is 5.79. The minimum atomic E-state index is 0.213. The number of methoxy groups -OCH3 is 1. The quantitative estimate of drug-likeness (QED) is 0.549. The summed E-state index contributed by atoms with van der Waals surface area (Å²) < 4.78 is 7.67. The zero-order valence-electron chi connectivity index (χ0n) is 15.2.